The van der Waals surface area contributed by atoms with Gasteiger partial charge in [0.05, 0.1) is 12.2 Å². The number of amides is 1. The van der Waals surface area contributed by atoms with Gasteiger partial charge in [-0.3, -0.25) is 4.79 Å². The number of furan rings is 1. The van der Waals surface area contributed by atoms with Gasteiger partial charge in [-0.2, -0.15) is 0 Å². The number of ether oxygens (including phenoxy) is 1. The molecule has 0 radical (unpaired) electrons. The average molecular weight is 251 g/mol. The van der Waals surface area contributed by atoms with Crippen LogP contribution in [0.5, 0.6) is 0 Å². The van der Waals surface area contributed by atoms with Crippen LogP contribution in [-0.4, -0.2) is 36.0 Å². The van der Waals surface area contributed by atoms with Gasteiger partial charge in [-0.05, 0) is 32.8 Å². The molecule has 0 spiro atoms. The van der Waals surface area contributed by atoms with Crippen molar-refractivity contribution in [2.75, 3.05) is 13.2 Å². The van der Waals surface area contributed by atoms with Crippen LogP contribution in [0.2, 0.25) is 0 Å². The molecule has 1 aliphatic heterocycles. The zero-order valence-corrected chi connectivity index (χ0v) is 10.6. The highest BCUT2D eigenvalue weighted by atomic mass is 16.5. The minimum Gasteiger partial charge on any atom is -0.469 e. The Hall–Kier alpha value is -1.78. The Kier molecular flexibility index (Phi) is 3.69. The third-order valence-corrected chi connectivity index (χ3v) is 3.05. The van der Waals surface area contributed by atoms with Gasteiger partial charge in [0.25, 0.3) is 5.91 Å². The fourth-order valence-electron chi connectivity index (χ4n) is 2.21. The molecule has 18 heavy (non-hydrogen) atoms. The van der Waals surface area contributed by atoms with Crippen LogP contribution in [-0.2, 0) is 9.53 Å². The van der Waals surface area contributed by atoms with E-state index in [1.165, 1.54) is 6.26 Å². The summed E-state index contributed by atoms with van der Waals surface area (Å²) in [7, 11) is 0. The van der Waals surface area contributed by atoms with Gasteiger partial charge in [0.1, 0.15) is 18.1 Å². The van der Waals surface area contributed by atoms with Gasteiger partial charge in [0.15, 0.2) is 0 Å². The van der Waals surface area contributed by atoms with Crippen LogP contribution >= 0.6 is 0 Å². The number of rotatable bonds is 3. The SMILES string of the molecule is CCOC(=O)C1CCCN1C(=O)c1coc(C)c1. The van der Waals surface area contributed by atoms with E-state index in [4.69, 9.17) is 9.15 Å². The number of likely N-dealkylation sites (tertiary alicyclic amines) is 1. The largest absolute Gasteiger partial charge is 0.469 e. The fraction of sp³-hybridized carbons (Fsp3) is 0.538. The number of nitrogens with zero attached hydrogens (tertiary/aromatic N) is 1. The molecule has 2 heterocycles. The van der Waals surface area contributed by atoms with Gasteiger partial charge in [0.2, 0.25) is 0 Å². The summed E-state index contributed by atoms with van der Waals surface area (Å²) in [6.45, 7) is 4.47. The lowest BCUT2D eigenvalue weighted by molar-refractivity contribution is -0.147. The van der Waals surface area contributed by atoms with Crippen LogP contribution < -0.4 is 0 Å². The molecule has 0 bridgehead atoms. The summed E-state index contributed by atoms with van der Waals surface area (Å²) in [4.78, 5) is 25.6. The van der Waals surface area contributed by atoms with E-state index in [9.17, 15) is 9.59 Å². The molecule has 1 aromatic heterocycles. The second-order valence-corrected chi connectivity index (χ2v) is 4.35. The Morgan fingerprint density at radius 1 is 1.56 bits per heavy atom. The summed E-state index contributed by atoms with van der Waals surface area (Å²) < 4.78 is 10.1. The van der Waals surface area contributed by atoms with E-state index in [1.807, 2.05) is 0 Å². The Balaban J connectivity index is 2.11. The normalized spacial score (nSPS) is 19.0. The van der Waals surface area contributed by atoms with Crippen molar-refractivity contribution in [3.05, 3.63) is 23.7 Å². The van der Waals surface area contributed by atoms with Gasteiger partial charge in [-0.15, -0.1) is 0 Å². The summed E-state index contributed by atoms with van der Waals surface area (Å²) in [6.07, 6.45) is 2.92. The molecule has 0 aliphatic carbocycles. The van der Waals surface area contributed by atoms with Crippen molar-refractivity contribution in [1.29, 1.82) is 0 Å². The topological polar surface area (TPSA) is 59.8 Å². The molecule has 0 N–H and O–H groups in total. The van der Waals surface area contributed by atoms with Gasteiger partial charge in [-0.25, -0.2) is 4.79 Å². The Labute approximate surface area is 106 Å². The summed E-state index contributed by atoms with van der Waals surface area (Å²) in [6, 6.07) is 1.23. The van der Waals surface area contributed by atoms with Crippen LogP contribution in [0, 0.1) is 6.92 Å². The summed E-state index contributed by atoms with van der Waals surface area (Å²) in [5, 5.41) is 0. The number of esters is 1. The van der Waals surface area contributed by atoms with Crippen molar-refractivity contribution < 1.29 is 18.7 Å². The summed E-state index contributed by atoms with van der Waals surface area (Å²) in [5.74, 6) is 0.205. The Morgan fingerprint density at radius 2 is 2.33 bits per heavy atom. The highest BCUT2D eigenvalue weighted by molar-refractivity contribution is 5.97. The van der Waals surface area contributed by atoms with Crippen molar-refractivity contribution >= 4 is 11.9 Å². The molecule has 5 nitrogen and oxygen atoms in total. The first kappa shape index (κ1) is 12.7. The first-order valence-corrected chi connectivity index (χ1v) is 6.16. The number of carbonyl (C=O) groups is 2. The van der Waals surface area contributed by atoms with Crippen molar-refractivity contribution in [3.63, 3.8) is 0 Å². The lowest BCUT2D eigenvalue weighted by Gasteiger charge is -2.22. The predicted octanol–water partition coefficient (Wildman–Crippen LogP) is 1.76. The molecule has 1 aliphatic rings. The number of aryl methyl sites for hydroxylation is 1. The zero-order valence-electron chi connectivity index (χ0n) is 10.6. The lowest BCUT2D eigenvalue weighted by Crippen LogP contribution is -2.41. The molecule has 1 atom stereocenters. The first-order chi connectivity index (χ1) is 8.63. The average Bonchev–Trinajstić information content (AvgIpc) is 2.96. The Bertz CT molecular complexity index is 452. The maximum absolute atomic E-state index is 12.2. The van der Waals surface area contributed by atoms with E-state index in [2.05, 4.69) is 0 Å². The van der Waals surface area contributed by atoms with Crippen LogP contribution in [0.1, 0.15) is 35.9 Å². The van der Waals surface area contributed by atoms with E-state index >= 15 is 0 Å². The molecular weight excluding hydrogens is 234 g/mol. The summed E-state index contributed by atoms with van der Waals surface area (Å²) in [5.41, 5.74) is 0.490. The van der Waals surface area contributed by atoms with Gasteiger partial charge >= 0.3 is 5.97 Å². The Morgan fingerprint density at radius 3 is 2.94 bits per heavy atom. The van der Waals surface area contributed by atoms with E-state index in [0.717, 1.165) is 6.42 Å². The molecule has 1 saturated heterocycles. The van der Waals surface area contributed by atoms with Crippen molar-refractivity contribution in [2.45, 2.75) is 32.7 Å². The molecule has 1 unspecified atom stereocenters. The van der Waals surface area contributed by atoms with E-state index < -0.39 is 6.04 Å². The molecule has 98 valence electrons. The minimum atomic E-state index is -0.451. The van der Waals surface area contributed by atoms with E-state index in [1.54, 1.807) is 24.8 Å². The van der Waals surface area contributed by atoms with Crippen molar-refractivity contribution in [2.24, 2.45) is 0 Å². The quantitative estimate of drug-likeness (QED) is 0.768. The standard InChI is InChI=1S/C13H17NO4/c1-3-17-13(16)11-5-4-6-14(11)12(15)10-7-9(2)18-8-10/h7-8,11H,3-6H2,1-2H3. The fourth-order valence-corrected chi connectivity index (χ4v) is 2.21. The molecule has 1 fully saturated rings. The molecule has 0 saturated carbocycles. The summed E-state index contributed by atoms with van der Waals surface area (Å²) >= 11 is 0. The van der Waals surface area contributed by atoms with Crippen LogP contribution in [0.25, 0.3) is 0 Å². The second-order valence-electron chi connectivity index (χ2n) is 4.35. The highest BCUT2D eigenvalue weighted by Gasteiger charge is 2.35. The van der Waals surface area contributed by atoms with Crippen molar-refractivity contribution in [1.82, 2.24) is 4.90 Å². The molecular formula is C13H17NO4. The number of carbonyl (C=O) groups excluding carboxylic acids is 2. The minimum absolute atomic E-state index is 0.164. The first-order valence-electron chi connectivity index (χ1n) is 6.16. The van der Waals surface area contributed by atoms with E-state index in [0.29, 0.717) is 30.9 Å². The molecule has 0 aromatic carbocycles. The zero-order chi connectivity index (χ0) is 13.1. The predicted molar refractivity (Wildman–Crippen MR) is 64.1 cm³/mol. The molecule has 2 rings (SSSR count). The third kappa shape index (κ3) is 2.39. The maximum atomic E-state index is 12.2. The number of hydrogen-bond acceptors (Lipinski definition) is 4. The van der Waals surface area contributed by atoms with Crippen LogP contribution in [0.15, 0.2) is 16.7 Å². The van der Waals surface area contributed by atoms with Crippen LogP contribution in [0.4, 0.5) is 0 Å². The van der Waals surface area contributed by atoms with Crippen molar-refractivity contribution in [3.8, 4) is 0 Å². The number of hydrogen-bond donors (Lipinski definition) is 0. The molecule has 5 heteroatoms. The second kappa shape index (κ2) is 5.25. The molecule has 1 aromatic rings. The lowest BCUT2D eigenvalue weighted by atomic mass is 10.2. The monoisotopic (exact) mass is 251 g/mol. The van der Waals surface area contributed by atoms with Gasteiger partial charge in [0, 0.05) is 6.54 Å². The molecule has 1 amide bonds. The smallest absolute Gasteiger partial charge is 0.328 e. The highest BCUT2D eigenvalue weighted by Crippen LogP contribution is 2.22. The van der Waals surface area contributed by atoms with Gasteiger partial charge in [-0.1, -0.05) is 0 Å². The van der Waals surface area contributed by atoms with Crippen LogP contribution in [0.3, 0.4) is 0 Å². The maximum Gasteiger partial charge on any atom is 0.328 e. The van der Waals surface area contributed by atoms with E-state index in [-0.39, 0.29) is 11.9 Å². The third-order valence-electron chi connectivity index (χ3n) is 3.05. The van der Waals surface area contributed by atoms with Gasteiger partial charge < -0.3 is 14.1 Å².